The van der Waals surface area contributed by atoms with Crippen LogP contribution >= 0.6 is 0 Å². The number of hydrogen-bond donors (Lipinski definition) is 3. The summed E-state index contributed by atoms with van der Waals surface area (Å²) in [5, 5.41) is 15.5. The minimum atomic E-state index is -0.412. The van der Waals surface area contributed by atoms with Crippen LogP contribution in [0, 0.1) is 5.92 Å². The molecule has 0 fully saturated rings. The van der Waals surface area contributed by atoms with Gasteiger partial charge in [0.25, 0.3) is 5.91 Å². The molecule has 3 aromatic carbocycles. The molecule has 3 atom stereocenters. The second kappa shape index (κ2) is 12.6. The molecule has 1 heterocycles. The molecular weight excluding hydrogens is 480 g/mol. The largest absolute Gasteiger partial charge is 0.488 e. The van der Waals surface area contributed by atoms with E-state index in [0.29, 0.717) is 35.8 Å². The van der Waals surface area contributed by atoms with E-state index in [-0.39, 0.29) is 30.6 Å². The van der Waals surface area contributed by atoms with Crippen molar-refractivity contribution in [2.24, 2.45) is 5.92 Å². The van der Waals surface area contributed by atoms with Crippen LogP contribution in [0.4, 0.5) is 16.2 Å². The SMILES string of the molecule is C[C@H](CO)N1C[C@H](C)[C@@H](CN(C)Cc2ccccc2)Oc2ccc(NC(=O)Nc3ccccc3)cc2C1=O. The molecule has 3 amide bonds. The summed E-state index contributed by atoms with van der Waals surface area (Å²) in [5.41, 5.74) is 2.70. The van der Waals surface area contributed by atoms with Crippen molar-refractivity contribution in [3.63, 3.8) is 0 Å². The zero-order valence-electron chi connectivity index (χ0n) is 22.1. The van der Waals surface area contributed by atoms with Gasteiger partial charge in [-0.1, -0.05) is 55.5 Å². The Morgan fingerprint density at radius 3 is 2.39 bits per heavy atom. The molecule has 0 aromatic heterocycles. The fraction of sp³-hybridized carbons (Fsp3) is 0.333. The predicted molar refractivity (Wildman–Crippen MR) is 149 cm³/mol. The first-order valence-corrected chi connectivity index (χ1v) is 12.9. The number of rotatable bonds is 8. The number of carbonyl (C=O) groups is 2. The van der Waals surface area contributed by atoms with E-state index in [1.54, 1.807) is 35.2 Å². The highest BCUT2D eigenvalue weighted by molar-refractivity contribution is 6.02. The summed E-state index contributed by atoms with van der Waals surface area (Å²) in [7, 11) is 2.06. The zero-order chi connectivity index (χ0) is 27.1. The fourth-order valence-corrected chi connectivity index (χ4v) is 4.60. The first-order valence-electron chi connectivity index (χ1n) is 12.9. The van der Waals surface area contributed by atoms with Crippen molar-refractivity contribution in [3.05, 3.63) is 90.0 Å². The fourth-order valence-electron chi connectivity index (χ4n) is 4.60. The van der Waals surface area contributed by atoms with Crippen LogP contribution in [0.5, 0.6) is 5.75 Å². The van der Waals surface area contributed by atoms with Gasteiger partial charge in [-0.3, -0.25) is 9.69 Å². The van der Waals surface area contributed by atoms with Gasteiger partial charge in [-0.25, -0.2) is 4.79 Å². The molecule has 0 saturated heterocycles. The number of nitrogens with zero attached hydrogens (tertiary/aromatic N) is 2. The van der Waals surface area contributed by atoms with Crippen LogP contribution in [0.1, 0.15) is 29.8 Å². The van der Waals surface area contributed by atoms with E-state index in [9.17, 15) is 14.7 Å². The summed E-state index contributed by atoms with van der Waals surface area (Å²) in [5.74, 6) is 0.245. The van der Waals surface area contributed by atoms with Gasteiger partial charge in [-0.2, -0.15) is 0 Å². The molecule has 0 saturated carbocycles. The van der Waals surface area contributed by atoms with E-state index in [0.717, 1.165) is 6.54 Å². The Kier molecular flexibility index (Phi) is 8.99. The number of carbonyl (C=O) groups excluding carboxylic acids is 2. The number of ether oxygens (including phenoxy) is 1. The van der Waals surface area contributed by atoms with Crippen molar-refractivity contribution in [3.8, 4) is 5.75 Å². The topological polar surface area (TPSA) is 94.1 Å². The van der Waals surface area contributed by atoms with E-state index < -0.39 is 6.03 Å². The zero-order valence-corrected chi connectivity index (χ0v) is 22.1. The summed E-state index contributed by atoms with van der Waals surface area (Å²) in [6.45, 7) is 5.62. The Balaban J connectivity index is 1.56. The second-order valence-corrected chi connectivity index (χ2v) is 9.96. The molecule has 4 rings (SSSR count). The molecule has 8 heteroatoms. The van der Waals surface area contributed by atoms with E-state index in [1.807, 2.05) is 43.3 Å². The Morgan fingerprint density at radius 1 is 1.05 bits per heavy atom. The van der Waals surface area contributed by atoms with Gasteiger partial charge in [0.15, 0.2) is 0 Å². The number of amides is 3. The number of aliphatic hydroxyl groups excluding tert-OH is 1. The first kappa shape index (κ1) is 27.2. The quantitative estimate of drug-likeness (QED) is 0.404. The number of urea groups is 1. The minimum absolute atomic E-state index is 0.0220. The molecular formula is C30H36N4O4. The van der Waals surface area contributed by atoms with Crippen LogP contribution in [0.3, 0.4) is 0 Å². The highest BCUT2D eigenvalue weighted by atomic mass is 16.5. The maximum atomic E-state index is 13.6. The number of anilines is 2. The smallest absolute Gasteiger partial charge is 0.323 e. The number of hydrogen-bond acceptors (Lipinski definition) is 5. The third-order valence-corrected chi connectivity index (χ3v) is 6.74. The Hall–Kier alpha value is -3.88. The highest BCUT2D eigenvalue weighted by Crippen LogP contribution is 2.31. The van der Waals surface area contributed by atoms with Crippen molar-refractivity contribution < 1.29 is 19.4 Å². The lowest BCUT2D eigenvalue weighted by Crippen LogP contribution is -2.49. The number of aliphatic hydroxyl groups is 1. The van der Waals surface area contributed by atoms with Crippen molar-refractivity contribution in [2.75, 3.05) is 37.4 Å². The third kappa shape index (κ3) is 6.90. The molecule has 0 aliphatic carbocycles. The van der Waals surface area contributed by atoms with Gasteiger partial charge in [0.1, 0.15) is 11.9 Å². The van der Waals surface area contributed by atoms with Crippen LogP contribution in [0.2, 0.25) is 0 Å². The second-order valence-electron chi connectivity index (χ2n) is 9.96. The lowest BCUT2D eigenvalue weighted by Gasteiger charge is -2.38. The number of para-hydroxylation sites is 1. The summed E-state index contributed by atoms with van der Waals surface area (Å²) >= 11 is 0. The monoisotopic (exact) mass is 516 g/mol. The van der Waals surface area contributed by atoms with Gasteiger partial charge >= 0.3 is 6.03 Å². The molecule has 0 unspecified atom stereocenters. The number of nitrogens with one attached hydrogen (secondary N) is 2. The molecule has 1 aliphatic rings. The van der Waals surface area contributed by atoms with E-state index in [2.05, 4.69) is 41.6 Å². The van der Waals surface area contributed by atoms with Gasteiger partial charge in [0.2, 0.25) is 0 Å². The first-order chi connectivity index (χ1) is 18.3. The van der Waals surface area contributed by atoms with E-state index in [4.69, 9.17) is 4.74 Å². The lowest BCUT2D eigenvalue weighted by molar-refractivity contribution is 0.0341. The lowest BCUT2D eigenvalue weighted by atomic mass is 9.99. The molecule has 200 valence electrons. The summed E-state index contributed by atoms with van der Waals surface area (Å²) in [4.78, 5) is 30.1. The predicted octanol–water partition coefficient (Wildman–Crippen LogP) is 4.68. The van der Waals surface area contributed by atoms with Gasteiger partial charge in [0.05, 0.1) is 18.2 Å². The summed E-state index contributed by atoms with van der Waals surface area (Å²) in [6.07, 6.45) is -0.191. The van der Waals surface area contributed by atoms with Gasteiger partial charge in [-0.15, -0.1) is 0 Å². The van der Waals surface area contributed by atoms with Crippen LogP contribution in [-0.2, 0) is 6.54 Å². The van der Waals surface area contributed by atoms with Gasteiger partial charge in [0, 0.05) is 36.9 Å². The average Bonchev–Trinajstić information content (AvgIpc) is 2.91. The molecule has 0 radical (unpaired) electrons. The van der Waals surface area contributed by atoms with Crippen LogP contribution in [0.15, 0.2) is 78.9 Å². The van der Waals surface area contributed by atoms with Crippen LogP contribution in [-0.4, -0.2) is 65.7 Å². The minimum Gasteiger partial charge on any atom is -0.488 e. The Bertz CT molecular complexity index is 1220. The van der Waals surface area contributed by atoms with Crippen LogP contribution < -0.4 is 15.4 Å². The van der Waals surface area contributed by atoms with E-state index in [1.165, 1.54) is 5.56 Å². The third-order valence-electron chi connectivity index (χ3n) is 6.74. The molecule has 0 bridgehead atoms. The standard InChI is InChI=1S/C30H36N4O4/c1-21-17-34(22(2)20-35)29(36)26-16-25(32-30(37)31-24-12-8-5-9-13-24)14-15-27(26)38-28(21)19-33(3)18-23-10-6-4-7-11-23/h4-16,21-22,28,35H,17-20H2,1-3H3,(H2,31,32,37)/t21-,22+,28+/m0/s1. The highest BCUT2D eigenvalue weighted by Gasteiger charge is 2.33. The summed E-state index contributed by atoms with van der Waals surface area (Å²) in [6, 6.07) is 23.7. The van der Waals surface area contributed by atoms with Gasteiger partial charge < -0.3 is 25.4 Å². The van der Waals surface area contributed by atoms with Crippen LogP contribution in [0.25, 0.3) is 0 Å². The van der Waals surface area contributed by atoms with Gasteiger partial charge in [-0.05, 0) is 49.9 Å². The van der Waals surface area contributed by atoms with E-state index >= 15 is 0 Å². The normalized spacial score (nSPS) is 18.1. The number of benzene rings is 3. The summed E-state index contributed by atoms with van der Waals surface area (Å²) < 4.78 is 6.47. The maximum absolute atomic E-state index is 13.6. The molecule has 0 spiro atoms. The Labute approximate surface area is 224 Å². The van der Waals surface area contributed by atoms with Crippen molar-refractivity contribution >= 4 is 23.3 Å². The average molecular weight is 517 g/mol. The molecule has 3 aromatic rings. The number of likely N-dealkylation sites (N-methyl/N-ethyl adjacent to an activating group) is 1. The molecule has 3 N–H and O–H groups in total. The number of fused-ring (bicyclic) bond motifs is 1. The van der Waals surface area contributed by atoms with Crippen molar-refractivity contribution in [1.82, 2.24) is 9.80 Å². The van der Waals surface area contributed by atoms with Crippen molar-refractivity contribution in [1.29, 1.82) is 0 Å². The maximum Gasteiger partial charge on any atom is 0.323 e. The van der Waals surface area contributed by atoms with Crippen molar-refractivity contribution in [2.45, 2.75) is 32.5 Å². The molecule has 8 nitrogen and oxygen atoms in total. The Morgan fingerprint density at radius 2 is 1.71 bits per heavy atom. The molecule has 38 heavy (non-hydrogen) atoms. The molecule has 1 aliphatic heterocycles.